The SMILES string of the molecule is CCN(CC)CCSc1ncc(C(=O)O)c2ccccc12. The van der Waals surface area contributed by atoms with Crippen LogP contribution in [0.5, 0.6) is 0 Å². The van der Waals surface area contributed by atoms with Crippen LogP contribution in [0, 0.1) is 0 Å². The molecule has 112 valence electrons. The largest absolute Gasteiger partial charge is 0.478 e. The highest BCUT2D eigenvalue weighted by Crippen LogP contribution is 2.28. The van der Waals surface area contributed by atoms with Crippen LogP contribution in [0.1, 0.15) is 24.2 Å². The molecule has 1 N–H and O–H groups in total. The number of hydrogen-bond donors (Lipinski definition) is 1. The van der Waals surface area contributed by atoms with E-state index in [0.717, 1.165) is 41.2 Å². The first kappa shape index (κ1) is 15.8. The van der Waals surface area contributed by atoms with Gasteiger partial charge in [-0.25, -0.2) is 9.78 Å². The Morgan fingerprint density at radius 1 is 1.24 bits per heavy atom. The lowest BCUT2D eigenvalue weighted by Crippen LogP contribution is -2.25. The second-order valence-corrected chi connectivity index (χ2v) is 5.79. The number of carboxylic acid groups (broad SMARTS) is 1. The molecule has 5 heteroatoms. The molecular formula is C16H20N2O2S. The number of fused-ring (bicyclic) bond motifs is 1. The summed E-state index contributed by atoms with van der Waals surface area (Å²) in [6.45, 7) is 7.41. The predicted molar refractivity (Wildman–Crippen MR) is 87.2 cm³/mol. The topological polar surface area (TPSA) is 53.4 Å². The van der Waals surface area contributed by atoms with E-state index in [1.165, 1.54) is 6.20 Å². The van der Waals surface area contributed by atoms with Crippen LogP contribution in [-0.4, -0.2) is 46.3 Å². The molecule has 0 spiro atoms. The number of nitrogens with zero attached hydrogens (tertiary/aromatic N) is 2. The second kappa shape index (κ2) is 7.43. The molecule has 0 aliphatic heterocycles. The van der Waals surface area contributed by atoms with Crippen LogP contribution in [0.3, 0.4) is 0 Å². The second-order valence-electron chi connectivity index (χ2n) is 4.70. The summed E-state index contributed by atoms with van der Waals surface area (Å²) in [4.78, 5) is 18.0. The number of pyridine rings is 1. The lowest BCUT2D eigenvalue weighted by molar-refractivity contribution is 0.0698. The van der Waals surface area contributed by atoms with Crippen molar-refractivity contribution in [2.45, 2.75) is 18.9 Å². The zero-order valence-electron chi connectivity index (χ0n) is 12.4. The highest BCUT2D eigenvalue weighted by molar-refractivity contribution is 7.99. The van der Waals surface area contributed by atoms with Gasteiger partial charge < -0.3 is 10.0 Å². The smallest absolute Gasteiger partial charge is 0.337 e. The summed E-state index contributed by atoms with van der Waals surface area (Å²) < 4.78 is 0. The fourth-order valence-corrected chi connectivity index (χ4v) is 3.27. The number of carbonyl (C=O) groups is 1. The molecule has 2 aromatic rings. The quantitative estimate of drug-likeness (QED) is 0.795. The Hall–Kier alpha value is -1.59. The van der Waals surface area contributed by atoms with E-state index in [4.69, 9.17) is 0 Å². The zero-order valence-corrected chi connectivity index (χ0v) is 13.2. The molecule has 0 atom stereocenters. The molecule has 0 aliphatic carbocycles. The third-order valence-corrected chi connectivity index (χ3v) is 4.52. The molecule has 0 radical (unpaired) electrons. The summed E-state index contributed by atoms with van der Waals surface area (Å²) in [5.74, 6) is 0.0175. The Kier molecular flexibility index (Phi) is 5.59. The molecule has 0 saturated carbocycles. The van der Waals surface area contributed by atoms with E-state index in [1.807, 2.05) is 24.3 Å². The van der Waals surface area contributed by atoms with Gasteiger partial charge in [-0.3, -0.25) is 0 Å². The Bertz CT molecular complexity index is 627. The Labute approximate surface area is 129 Å². The minimum Gasteiger partial charge on any atom is -0.478 e. The van der Waals surface area contributed by atoms with Gasteiger partial charge in [-0.05, 0) is 13.1 Å². The number of hydrogen-bond acceptors (Lipinski definition) is 4. The van der Waals surface area contributed by atoms with Gasteiger partial charge in [0.15, 0.2) is 0 Å². The number of rotatable bonds is 7. The Morgan fingerprint density at radius 2 is 1.90 bits per heavy atom. The van der Waals surface area contributed by atoms with Gasteiger partial charge in [-0.2, -0.15) is 0 Å². The van der Waals surface area contributed by atoms with E-state index in [-0.39, 0.29) is 5.56 Å². The maximum atomic E-state index is 11.3. The van der Waals surface area contributed by atoms with Gasteiger partial charge in [0.05, 0.1) is 5.56 Å². The lowest BCUT2D eigenvalue weighted by Gasteiger charge is -2.17. The Balaban J connectivity index is 2.21. The molecule has 0 fully saturated rings. The van der Waals surface area contributed by atoms with E-state index < -0.39 is 5.97 Å². The summed E-state index contributed by atoms with van der Waals surface area (Å²) in [5, 5.41) is 11.8. The molecule has 0 saturated heterocycles. The van der Waals surface area contributed by atoms with Crippen molar-refractivity contribution in [3.05, 3.63) is 36.0 Å². The van der Waals surface area contributed by atoms with Crippen LogP contribution in [-0.2, 0) is 0 Å². The van der Waals surface area contributed by atoms with Crippen molar-refractivity contribution in [1.82, 2.24) is 9.88 Å². The van der Waals surface area contributed by atoms with Crippen LogP contribution in [0.4, 0.5) is 0 Å². The van der Waals surface area contributed by atoms with Crippen molar-refractivity contribution < 1.29 is 9.90 Å². The highest BCUT2D eigenvalue weighted by Gasteiger charge is 2.12. The van der Waals surface area contributed by atoms with Crippen molar-refractivity contribution in [1.29, 1.82) is 0 Å². The van der Waals surface area contributed by atoms with Crippen LogP contribution >= 0.6 is 11.8 Å². The molecule has 4 nitrogen and oxygen atoms in total. The molecule has 21 heavy (non-hydrogen) atoms. The summed E-state index contributed by atoms with van der Waals surface area (Å²) >= 11 is 1.68. The standard InChI is InChI=1S/C16H20N2O2S/c1-3-18(4-2)9-10-21-15-13-8-6-5-7-12(13)14(11-17-15)16(19)20/h5-8,11H,3-4,9-10H2,1-2H3,(H,19,20). The van der Waals surface area contributed by atoms with E-state index in [9.17, 15) is 9.90 Å². The van der Waals surface area contributed by atoms with Gasteiger partial charge in [-0.1, -0.05) is 38.1 Å². The first-order valence-electron chi connectivity index (χ1n) is 7.13. The van der Waals surface area contributed by atoms with E-state index in [1.54, 1.807) is 11.8 Å². The fraction of sp³-hybridized carbons (Fsp3) is 0.375. The Morgan fingerprint density at radius 3 is 2.52 bits per heavy atom. The summed E-state index contributed by atoms with van der Waals surface area (Å²) in [6, 6.07) is 7.56. The lowest BCUT2D eigenvalue weighted by atomic mass is 10.1. The predicted octanol–water partition coefficient (Wildman–Crippen LogP) is 3.37. The number of carboxylic acids is 1. The first-order chi connectivity index (χ1) is 10.2. The highest BCUT2D eigenvalue weighted by atomic mass is 32.2. The molecule has 0 bridgehead atoms. The van der Waals surface area contributed by atoms with Crippen LogP contribution in [0.25, 0.3) is 10.8 Å². The van der Waals surface area contributed by atoms with Crippen LogP contribution in [0.15, 0.2) is 35.5 Å². The number of thioether (sulfide) groups is 1. The zero-order chi connectivity index (χ0) is 15.2. The number of aromatic nitrogens is 1. The normalized spacial score (nSPS) is 11.2. The van der Waals surface area contributed by atoms with Gasteiger partial charge in [0, 0.05) is 29.3 Å². The van der Waals surface area contributed by atoms with Crippen LogP contribution in [0.2, 0.25) is 0 Å². The molecule has 1 aromatic heterocycles. The maximum Gasteiger partial charge on any atom is 0.337 e. The van der Waals surface area contributed by atoms with Gasteiger partial charge in [0.1, 0.15) is 5.03 Å². The summed E-state index contributed by atoms with van der Waals surface area (Å²) in [5.41, 5.74) is 0.263. The average Bonchev–Trinajstić information content (AvgIpc) is 2.51. The molecule has 0 unspecified atom stereocenters. The van der Waals surface area contributed by atoms with Gasteiger partial charge in [0.25, 0.3) is 0 Å². The minimum atomic E-state index is -0.932. The minimum absolute atomic E-state index is 0.263. The molecular weight excluding hydrogens is 284 g/mol. The fourth-order valence-electron chi connectivity index (χ4n) is 2.26. The van der Waals surface area contributed by atoms with E-state index in [2.05, 4.69) is 23.7 Å². The van der Waals surface area contributed by atoms with Crippen molar-refractivity contribution >= 4 is 28.5 Å². The van der Waals surface area contributed by atoms with Gasteiger partial charge in [-0.15, -0.1) is 11.8 Å². The van der Waals surface area contributed by atoms with Gasteiger partial charge in [0.2, 0.25) is 0 Å². The third-order valence-electron chi connectivity index (χ3n) is 3.53. The first-order valence-corrected chi connectivity index (χ1v) is 8.12. The average molecular weight is 304 g/mol. The molecule has 0 amide bonds. The molecule has 0 aliphatic rings. The van der Waals surface area contributed by atoms with E-state index >= 15 is 0 Å². The van der Waals surface area contributed by atoms with Crippen molar-refractivity contribution in [2.75, 3.05) is 25.4 Å². The number of aromatic carboxylic acids is 1. The number of benzene rings is 1. The van der Waals surface area contributed by atoms with Gasteiger partial charge >= 0.3 is 5.97 Å². The van der Waals surface area contributed by atoms with Crippen molar-refractivity contribution in [3.63, 3.8) is 0 Å². The molecule has 2 rings (SSSR count). The van der Waals surface area contributed by atoms with E-state index in [0.29, 0.717) is 0 Å². The molecule has 1 heterocycles. The third kappa shape index (κ3) is 3.74. The van der Waals surface area contributed by atoms with Crippen molar-refractivity contribution in [2.24, 2.45) is 0 Å². The molecule has 1 aromatic carbocycles. The van der Waals surface area contributed by atoms with Crippen LogP contribution < -0.4 is 0 Å². The summed E-state index contributed by atoms with van der Waals surface area (Å²) in [6.07, 6.45) is 1.46. The summed E-state index contributed by atoms with van der Waals surface area (Å²) in [7, 11) is 0. The van der Waals surface area contributed by atoms with Crippen molar-refractivity contribution in [3.8, 4) is 0 Å². The monoisotopic (exact) mass is 304 g/mol. The maximum absolute atomic E-state index is 11.3.